The van der Waals surface area contributed by atoms with Crippen molar-refractivity contribution in [2.24, 2.45) is 0 Å². The minimum absolute atomic E-state index is 0.810. The summed E-state index contributed by atoms with van der Waals surface area (Å²) in [6.45, 7) is 2.99. The smallest absolute Gasteiger partial charge is 0.153 e. The lowest BCUT2D eigenvalue weighted by atomic mass is 10.3. The van der Waals surface area contributed by atoms with Gasteiger partial charge in [0, 0.05) is 6.26 Å². The van der Waals surface area contributed by atoms with E-state index in [-0.39, 0.29) is 0 Å². The van der Waals surface area contributed by atoms with Gasteiger partial charge in [-0.2, -0.15) is 0 Å². The van der Waals surface area contributed by atoms with Gasteiger partial charge < -0.3 is 5.11 Å². The van der Waals surface area contributed by atoms with E-state index in [0.717, 1.165) is 6.26 Å². The Morgan fingerprint density at radius 3 is 2.18 bits per heavy atom. The molecule has 11 heavy (non-hydrogen) atoms. The normalized spacial score (nSPS) is 16.4. The van der Waals surface area contributed by atoms with Crippen LogP contribution < -0.4 is 0 Å². The van der Waals surface area contributed by atoms with E-state index in [1.54, 1.807) is 6.92 Å². The molecule has 0 aliphatic heterocycles. The largest absolute Gasteiger partial charge is 0.379 e. The van der Waals surface area contributed by atoms with Crippen LogP contribution in [0, 0.1) is 11.8 Å². The number of aliphatic hydroxyl groups is 1. The van der Waals surface area contributed by atoms with Gasteiger partial charge in [-0.3, -0.25) is 0 Å². The quantitative estimate of drug-likeness (QED) is 0.593. The third-order valence-electron chi connectivity index (χ3n) is 1.41. The minimum atomic E-state index is -3.18. The predicted octanol–water partition coefficient (Wildman–Crippen LogP) is -0.196. The summed E-state index contributed by atoms with van der Waals surface area (Å²) in [5, 5.41) is 8.29. The summed E-state index contributed by atoms with van der Waals surface area (Å²) in [5.74, 6) is 4.83. The molecule has 0 fully saturated rings. The topological polar surface area (TPSA) is 54.4 Å². The Balaban J connectivity index is 4.47. The van der Waals surface area contributed by atoms with Gasteiger partial charge in [0.2, 0.25) is 0 Å². The van der Waals surface area contributed by atoms with Crippen molar-refractivity contribution in [2.75, 3.05) is 6.26 Å². The van der Waals surface area contributed by atoms with Crippen molar-refractivity contribution < 1.29 is 13.5 Å². The van der Waals surface area contributed by atoms with Crippen LogP contribution in [0.4, 0.5) is 0 Å². The number of rotatable bonds is 2. The van der Waals surface area contributed by atoms with Crippen LogP contribution in [0.5, 0.6) is 0 Å². The van der Waals surface area contributed by atoms with Gasteiger partial charge in [-0.25, -0.2) is 8.42 Å². The van der Waals surface area contributed by atoms with Crippen LogP contribution in [0.2, 0.25) is 0 Å². The highest BCUT2D eigenvalue weighted by molar-refractivity contribution is 7.91. The molecular formula is C7H12O3S. The average molecular weight is 176 g/mol. The van der Waals surface area contributed by atoms with Crippen molar-refractivity contribution in [3.63, 3.8) is 0 Å². The molecule has 4 heteroatoms. The molecule has 3 nitrogen and oxygen atoms in total. The standard InChI is InChI=1S/C7H12O3S/c1-4-5-7(8)6(2)11(3,9)10/h6-8H,1-3H3/t6-,7-/m1/s1. The molecule has 0 saturated heterocycles. The van der Waals surface area contributed by atoms with Gasteiger partial charge in [0.15, 0.2) is 9.84 Å². The first kappa shape index (κ1) is 10.5. The van der Waals surface area contributed by atoms with Gasteiger partial charge in [0.1, 0.15) is 6.10 Å². The lowest BCUT2D eigenvalue weighted by Gasteiger charge is -2.10. The number of hydrogen-bond donors (Lipinski definition) is 1. The van der Waals surface area contributed by atoms with Crippen LogP contribution in [0.1, 0.15) is 13.8 Å². The SMILES string of the molecule is CC#C[C@@H](O)[C@@H](C)S(C)(=O)=O. The second-order valence-corrected chi connectivity index (χ2v) is 4.78. The summed E-state index contributed by atoms with van der Waals surface area (Å²) in [7, 11) is -3.18. The van der Waals surface area contributed by atoms with E-state index in [1.165, 1.54) is 6.92 Å². The minimum Gasteiger partial charge on any atom is -0.379 e. The Kier molecular flexibility index (Phi) is 3.56. The van der Waals surface area contributed by atoms with Crippen molar-refractivity contribution in [2.45, 2.75) is 25.2 Å². The van der Waals surface area contributed by atoms with Crippen molar-refractivity contribution in [1.29, 1.82) is 0 Å². The molecule has 0 aromatic carbocycles. The molecule has 0 unspecified atom stereocenters. The van der Waals surface area contributed by atoms with E-state index in [0.29, 0.717) is 0 Å². The van der Waals surface area contributed by atoms with Crippen LogP contribution in [0.25, 0.3) is 0 Å². The summed E-state index contributed by atoms with van der Waals surface area (Å²) in [6.07, 6.45) is 0.00750. The second-order valence-electron chi connectivity index (χ2n) is 2.37. The Hall–Kier alpha value is -0.530. The van der Waals surface area contributed by atoms with Gasteiger partial charge in [-0.05, 0) is 13.8 Å². The van der Waals surface area contributed by atoms with Gasteiger partial charge in [-0.15, -0.1) is 5.92 Å². The molecule has 0 aliphatic carbocycles. The maximum Gasteiger partial charge on any atom is 0.153 e. The first-order chi connectivity index (χ1) is 4.89. The molecule has 0 aromatic heterocycles. The van der Waals surface area contributed by atoms with Gasteiger partial charge in [-0.1, -0.05) is 5.92 Å². The molecule has 0 amide bonds. The summed E-state index contributed by atoms with van der Waals surface area (Å²) >= 11 is 0. The monoisotopic (exact) mass is 176 g/mol. The summed E-state index contributed by atoms with van der Waals surface area (Å²) in [5.41, 5.74) is 0. The maximum atomic E-state index is 10.8. The molecule has 0 rings (SSSR count). The van der Waals surface area contributed by atoms with Gasteiger partial charge >= 0.3 is 0 Å². The van der Waals surface area contributed by atoms with Gasteiger partial charge in [0.05, 0.1) is 5.25 Å². The zero-order valence-corrected chi connectivity index (χ0v) is 7.64. The summed E-state index contributed by atoms with van der Waals surface area (Å²) < 4.78 is 21.6. The Bertz CT molecular complexity index is 268. The van der Waals surface area contributed by atoms with E-state index in [9.17, 15) is 8.42 Å². The molecule has 0 saturated carbocycles. The number of hydrogen-bond acceptors (Lipinski definition) is 3. The van der Waals surface area contributed by atoms with E-state index in [1.807, 2.05) is 0 Å². The Morgan fingerprint density at radius 1 is 1.45 bits per heavy atom. The fraction of sp³-hybridized carbons (Fsp3) is 0.714. The third kappa shape index (κ3) is 3.40. The first-order valence-corrected chi connectivity index (χ1v) is 5.14. The Labute approximate surface area is 67.3 Å². The fourth-order valence-electron chi connectivity index (χ4n) is 0.499. The van der Waals surface area contributed by atoms with Crippen molar-refractivity contribution >= 4 is 9.84 Å². The fourth-order valence-corrected chi connectivity index (χ4v) is 1.04. The highest BCUT2D eigenvalue weighted by atomic mass is 32.2. The van der Waals surface area contributed by atoms with Crippen LogP contribution >= 0.6 is 0 Å². The molecule has 0 aromatic rings. The third-order valence-corrected chi connectivity index (χ3v) is 3.02. The molecule has 0 aliphatic rings. The molecule has 0 spiro atoms. The molecule has 0 bridgehead atoms. The van der Waals surface area contributed by atoms with Gasteiger partial charge in [0.25, 0.3) is 0 Å². The zero-order valence-electron chi connectivity index (χ0n) is 6.83. The van der Waals surface area contributed by atoms with Crippen LogP contribution in [0.3, 0.4) is 0 Å². The van der Waals surface area contributed by atoms with Crippen LogP contribution in [-0.4, -0.2) is 31.1 Å². The van der Waals surface area contributed by atoms with Crippen molar-refractivity contribution in [3.8, 4) is 11.8 Å². The highest BCUT2D eigenvalue weighted by Gasteiger charge is 2.21. The lowest BCUT2D eigenvalue weighted by molar-refractivity contribution is 0.230. The molecule has 0 heterocycles. The molecular weight excluding hydrogens is 164 g/mol. The van der Waals surface area contributed by atoms with E-state index < -0.39 is 21.2 Å². The molecule has 0 radical (unpaired) electrons. The van der Waals surface area contributed by atoms with Crippen molar-refractivity contribution in [3.05, 3.63) is 0 Å². The molecule has 64 valence electrons. The molecule has 2 atom stereocenters. The average Bonchev–Trinajstić information content (AvgIpc) is 1.85. The summed E-state index contributed by atoms with van der Waals surface area (Å²) in [4.78, 5) is 0. The van der Waals surface area contributed by atoms with Crippen molar-refractivity contribution in [1.82, 2.24) is 0 Å². The maximum absolute atomic E-state index is 10.8. The zero-order chi connectivity index (χ0) is 9.07. The Morgan fingerprint density at radius 2 is 1.91 bits per heavy atom. The predicted molar refractivity (Wildman–Crippen MR) is 43.8 cm³/mol. The second kappa shape index (κ2) is 3.74. The van der Waals surface area contributed by atoms with E-state index in [4.69, 9.17) is 5.11 Å². The first-order valence-electron chi connectivity index (χ1n) is 3.18. The molecule has 1 N–H and O–H groups in total. The lowest BCUT2D eigenvalue weighted by Crippen LogP contribution is -2.29. The summed E-state index contributed by atoms with van der Waals surface area (Å²) in [6, 6.07) is 0. The highest BCUT2D eigenvalue weighted by Crippen LogP contribution is 2.02. The van der Waals surface area contributed by atoms with E-state index in [2.05, 4.69) is 11.8 Å². The van der Waals surface area contributed by atoms with Crippen LogP contribution in [-0.2, 0) is 9.84 Å². The van der Waals surface area contributed by atoms with E-state index >= 15 is 0 Å². The number of sulfone groups is 1. The number of aliphatic hydroxyl groups excluding tert-OH is 1. The van der Waals surface area contributed by atoms with Crippen LogP contribution in [0.15, 0.2) is 0 Å².